The maximum absolute atomic E-state index is 9.87. The van der Waals surface area contributed by atoms with Gasteiger partial charge in [-0.2, -0.15) is 0 Å². The summed E-state index contributed by atoms with van der Waals surface area (Å²) in [6.45, 7) is 4.03. The van der Waals surface area contributed by atoms with Gasteiger partial charge in [-0.15, -0.1) is 0 Å². The molecule has 0 amide bonds. The Morgan fingerprint density at radius 1 is 1.33 bits per heavy atom. The number of rotatable bonds is 2. The first kappa shape index (κ1) is 9.79. The lowest BCUT2D eigenvalue weighted by Gasteiger charge is -2.27. The number of aliphatic hydroxyl groups excluding tert-OH is 1. The lowest BCUT2D eigenvalue weighted by Crippen LogP contribution is -2.23. The summed E-state index contributed by atoms with van der Waals surface area (Å²) in [6, 6.07) is 0. The lowest BCUT2D eigenvalue weighted by molar-refractivity contribution is 0.115. The monoisotopic (exact) mass is 168 g/mol. The highest BCUT2D eigenvalue weighted by Gasteiger charge is 2.21. The molecule has 1 N–H and O–H groups in total. The fraction of sp³-hybridized carbons (Fsp3) is 0.818. The molecule has 0 aliphatic heterocycles. The third-order valence-corrected chi connectivity index (χ3v) is 3.02. The Labute approximate surface area is 75.5 Å². The summed E-state index contributed by atoms with van der Waals surface area (Å²) in [4.78, 5) is 0. The number of hydrogen-bond acceptors (Lipinski definition) is 1. The molecule has 0 bridgehead atoms. The van der Waals surface area contributed by atoms with Crippen LogP contribution in [0.25, 0.3) is 0 Å². The summed E-state index contributed by atoms with van der Waals surface area (Å²) in [7, 11) is 0. The first-order chi connectivity index (χ1) is 5.75. The van der Waals surface area contributed by atoms with Gasteiger partial charge in [0.25, 0.3) is 0 Å². The molecule has 12 heavy (non-hydrogen) atoms. The minimum Gasteiger partial charge on any atom is -0.388 e. The number of hydrogen-bond donors (Lipinski definition) is 1. The van der Waals surface area contributed by atoms with E-state index in [1.54, 1.807) is 0 Å². The zero-order chi connectivity index (χ0) is 8.97. The summed E-state index contributed by atoms with van der Waals surface area (Å²) in [5, 5.41) is 9.87. The van der Waals surface area contributed by atoms with Gasteiger partial charge in [-0.05, 0) is 38.2 Å². The van der Waals surface area contributed by atoms with Crippen LogP contribution in [0.4, 0.5) is 0 Å². The summed E-state index contributed by atoms with van der Waals surface area (Å²) >= 11 is 0. The van der Waals surface area contributed by atoms with Crippen molar-refractivity contribution in [2.45, 2.75) is 52.1 Å². The average Bonchev–Trinajstić information content (AvgIpc) is 2.17. The first-order valence-corrected chi connectivity index (χ1v) is 5.06. The third-order valence-electron chi connectivity index (χ3n) is 3.02. The van der Waals surface area contributed by atoms with Crippen LogP contribution >= 0.6 is 0 Å². The Bertz CT molecular complexity index is 154. The van der Waals surface area contributed by atoms with Crippen molar-refractivity contribution < 1.29 is 5.11 Å². The molecule has 0 aromatic rings. The Morgan fingerprint density at radius 3 is 2.42 bits per heavy atom. The molecule has 1 nitrogen and oxygen atoms in total. The molecule has 1 aliphatic rings. The Morgan fingerprint density at radius 2 is 1.92 bits per heavy atom. The molecular formula is C11H20O. The van der Waals surface area contributed by atoms with E-state index in [0.29, 0.717) is 5.92 Å². The first-order valence-electron chi connectivity index (χ1n) is 5.06. The van der Waals surface area contributed by atoms with Crippen molar-refractivity contribution in [3.8, 4) is 0 Å². The molecule has 0 aromatic carbocycles. The molecule has 1 atom stereocenters. The van der Waals surface area contributed by atoms with Crippen LogP contribution in [-0.4, -0.2) is 11.2 Å². The fourth-order valence-electron chi connectivity index (χ4n) is 1.99. The lowest BCUT2D eigenvalue weighted by atomic mass is 9.83. The van der Waals surface area contributed by atoms with E-state index in [4.69, 9.17) is 0 Å². The SMILES string of the molecule is C/C=C(/C)[C@@H](O)C1CCCCC1. The standard InChI is InChI=1S/C11H20O/c1-3-9(2)11(12)10-7-5-4-6-8-10/h3,10-12H,4-8H2,1-2H3/b9-3-/t11-/m1/s1. The Balaban J connectivity index is 2.44. The zero-order valence-corrected chi connectivity index (χ0v) is 8.21. The van der Waals surface area contributed by atoms with Crippen molar-refractivity contribution in [2.24, 2.45) is 5.92 Å². The van der Waals surface area contributed by atoms with Gasteiger partial charge in [-0.1, -0.05) is 25.3 Å². The molecule has 1 saturated carbocycles. The van der Waals surface area contributed by atoms with E-state index in [-0.39, 0.29) is 6.10 Å². The van der Waals surface area contributed by atoms with Crippen LogP contribution in [0.5, 0.6) is 0 Å². The predicted molar refractivity (Wildman–Crippen MR) is 52.0 cm³/mol. The van der Waals surface area contributed by atoms with Crippen LogP contribution in [0, 0.1) is 5.92 Å². The van der Waals surface area contributed by atoms with Gasteiger partial charge in [0.05, 0.1) is 6.10 Å². The fourth-order valence-corrected chi connectivity index (χ4v) is 1.99. The molecule has 70 valence electrons. The zero-order valence-electron chi connectivity index (χ0n) is 8.21. The third kappa shape index (κ3) is 2.34. The van der Waals surface area contributed by atoms with Crippen LogP contribution in [0.1, 0.15) is 46.0 Å². The second-order valence-corrected chi connectivity index (χ2v) is 3.88. The number of aliphatic hydroxyl groups is 1. The molecule has 0 heterocycles. The van der Waals surface area contributed by atoms with Crippen molar-refractivity contribution in [2.75, 3.05) is 0 Å². The van der Waals surface area contributed by atoms with Crippen LogP contribution in [0.15, 0.2) is 11.6 Å². The second kappa shape index (κ2) is 4.66. The Hall–Kier alpha value is -0.300. The molecule has 1 rings (SSSR count). The molecule has 0 aromatic heterocycles. The molecule has 1 heteroatoms. The van der Waals surface area contributed by atoms with Crippen molar-refractivity contribution in [1.82, 2.24) is 0 Å². The molecule has 0 radical (unpaired) electrons. The van der Waals surface area contributed by atoms with Crippen LogP contribution in [0.2, 0.25) is 0 Å². The van der Waals surface area contributed by atoms with E-state index in [1.165, 1.54) is 32.1 Å². The van der Waals surface area contributed by atoms with Gasteiger partial charge in [0.15, 0.2) is 0 Å². The highest BCUT2D eigenvalue weighted by atomic mass is 16.3. The molecule has 1 aliphatic carbocycles. The molecule has 0 spiro atoms. The largest absolute Gasteiger partial charge is 0.388 e. The van der Waals surface area contributed by atoms with E-state index in [0.717, 1.165) is 5.57 Å². The van der Waals surface area contributed by atoms with E-state index >= 15 is 0 Å². The van der Waals surface area contributed by atoms with E-state index in [1.807, 2.05) is 19.9 Å². The van der Waals surface area contributed by atoms with Crippen molar-refractivity contribution in [1.29, 1.82) is 0 Å². The summed E-state index contributed by atoms with van der Waals surface area (Å²) in [5.41, 5.74) is 1.14. The summed E-state index contributed by atoms with van der Waals surface area (Å²) < 4.78 is 0. The maximum atomic E-state index is 9.87. The molecule has 1 fully saturated rings. The summed E-state index contributed by atoms with van der Waals surface area (Å²) in [6.07, 6.45) is 8.25. The minimum atomic E-state index is -0.171. The smallest absolute Gasteiger partial charge is 0.0775 e. The topological polar surface area (TPSA) is 20.2 Å². The van der Waals surface area contributed by atoms with Gasteiger partial charge in [0.1, 0.15) is 0 Å². The van der Waals surface area contributed by atoms with Gasteiger partial charge in [0.2, 0.25) is 0 Å². The van der Waals surface area contributed by atoms with E-state index in [9.17, 15) is 5.11 Å². The second-order valence-electron chi connectivity index (χ2n) is 3.88. The van der Waals surface area contributed by atoms with E-state index < -0.39 is 0 Å². The van der Waals surface area contributed by atoms with E-state index in [2.05, 4.69) is 0 Å². The number of allylic oxidation sites excluding steroid dienone is 1. The average molecular weight is 168 g/mol. The predicted octanol–water partition coefficient (Wildman–Crippen LogP) is 2.89. The van der Waals surface area contributed by atoms with Crippen LogP contribution in [0.3, 0.4) is 0 Å². The van der Waals surface area contributed by atoms with Crippen LogP contribution < -0.4 is 0 Å². The van der Waals surface area contributed by atoms with Gasteiger partial charge in [0, 0.05) is 0 Å². The molecular weight excluding hydrogens is 148 g/mol. The minimum absolute atomic E-state index is 0.171. The van der Waals surface area contributed by atoms with Crippen LogP contribution in [-0.2, 0) is 0 Å². The molecule has 0 unspecified atom stereocenters. The van der Waals surface area contributed by atoms with Gasteiger partial charge >= 0.3 is 0 Å². The van der Waals surface area contributed by atoms with Gasteiger partial charge < -0.3 is 5.11 Å². The maximum Gasteiger partial charge on any atom is 0.0775 e. The van der Waals surface area contributed by atoms with Crippen molar-refractivity contribution in [3.05, 3.63) is 11.6 Å². The van der Waals surface area contributed by atoms with Crippen molar-refractivity contribution >= 4 is 0 Å². The van der Waals surface area contributed by atoms with Gasteiger partial charge in [-0.3, -0.25) is 0 Å². The Kier molecular flexibility index (Phi) is 3.80. The highest BCUT2D eigenvalue weighted by molar-refractivity contribution is 5.05. The molecule has 0 saturated heterocycles. The quantitative estimate of drug-likeness (QED) is 0.629. The summed E-state index contributed by atoms with van der Waals surface area (Å²) in [5.74, 6) is 0.537. The normalized spacial score (nSPS) is 24.1. The highest BCUT2D eigenvalue weighted by Crippen LogP contribution is 2.28. The van der Waals surface area contributed by atoms with Crippen molar-refractivity contribution in [3.63, 3.8) is 0 Å². The van der Waals surface area contributed by atoms with Gasteiger partial charge in [-0.25, -0.2) is 0 Å².